The normalized spacial score (nSPS) is 12.4. The minimum Gasteiger partial charge on any atom is -0.396 e. The lowest BCUT2D eigenvalue weighted by Gasteiger charge is -2.10. The molecule has 1 rings (SSSR count). The number of nitrogens with zero attached hydrogens (tertiary/aromatic N) is 3. The molecule has 0 bridgehead atoms. The van der Waals surface area contributed by atoms with Crippen molar-refractivity contribution < 1.29 is 10.0 Å². The van der Waals surface area contributed by atoms with Gasteiger partial charge in [0.15, 0.2) is 0 Å². The summed E-state index contributed by atoms with van der Waals surface area (Å²) >= 11 is 0. The second-order valence-corrected chi connectivity index (χ2v) is 5.12. The SMILES string of the molecule is CCCn1nc(C)c([N+](=O)[O-])c1NCCCC(C)CO. The predicted molar refractivity (Wildman–Crippen MR) is 77.9 cm³/mol. The maximum absolute atomic E-state index is 11.1. The lowest BCUT2D eigenvalue weighted by molar-refractivity contribution is -0.384. The number of anilines is 1. The first kappa shape index (κ1) is 16.4. The first-order valence-electron chi connectivity index (χ1n) is 7.07. The molecule has 0 fully saturated rings. The third-order valence-corrected chi connectivity index (χ3v) is 3.19. The van der Waals surface area contributed by atoms with E-state index in [1.807, 2.05) is 13.8 Å². The Kier molecular flexibility index (Phi) is 6.44. The van der Waals surface area contributed by atoms with E-state index in [-0.39, 0.29) is 23.1 Å². The van der Waals surface area contributed by atoms with Crippen LogP contribution in [-0.2, 0) is 6.54 Å². The molecule has 0 spiro atoms. The van der Waals surface area contributed by atoms with Gasteiger partial charge in [-0.15, -0.1) is 0 Å². The molecule has 0 amide bonds. The van der Waals surface area contributed by atoms with Gasteiger partial charge in [0.05, 0.1) is 4.92 Å². The van der Waals surface area contributed by atoms with Gasteiger partial charge in [-0.05, 0) is 32.1 Å². The Labute approximate surface area is 119 Å². The third kappa shape index (κ3) is 4.19. The summed E-state index contributed by atoms with van der Waals surface area (Å²) in [7, 11) is 0. The van der Waals surface area contributed by atoms with Crippen molar-refractivity contribution >= 4 is 11.5 Å². The van der Waals surface area contributed by atoms with Crippen molar-refractivity contribution in [3.63, 3.8) is 0 Å². The van der Waals surface area contributed by atoms with Crippen LogP contribution in [0.2, 0.25) is 0 Å². The summed E-state index contributed by atoms with van der Waals surface area (Å²) in [5, 5.41) is 27.4. The summed E-state index contributed by atoms with van der Waals surface area (Å²) in [6.45, 7) is 7.11. The zero-order valence-corrected chi connectivity index (χ0v) is 12.4. The molecule has 0 saturated carbocycles. The highest BCUT2D eigenvalue weighted by molar-refractivity contribution is 5.59. The summed E-state index contributed by atoms with van der Waals surface area (Å²) in [6, 6.07) is 0. The van der Waals surface area contributed by atoms with Gasteiger partial charge < -0.3 is 10.4 Å². The highest BCUT2D eigenvalue weighted by Crippen LogP contribution is 2.28. The van der Waals surface area contributed by atoms with E-state index in [4.69, 9.17) is 5.11 Å². The van der Waals surface area contributed by atoms with Crippen LogP contribution in [0.1, 0.15) is 38.8 Å². The molecule has 0 radical (unpaired) electrons. The fraction of sp³-hybridized carbons (Fsp3) is 0.769. The molecule has 0 aliphatic heterocycles. The van der Waals surface area contributed by atoms with Gasteiger partial charge >= 0.3 is 5.69 Å². The smallest absolute Gasteiger partial charge is 0.333 e. The molecule has 7 nitrogen and oxygen atoms in total. The number of aliphatic hydroxyl groups excluding tert-OH is 1. The summed E-state index contributed by atoms with van der Waals surface area (Å²) < 4.78 is 1.67. The van der Waals surface area contributed by atoms with Gasteiger partial charge in [0.2, 0.25) is 5.82 Å². The predicted octanol–water partition coefficient (Wildman–Crippen LogP) is 2.33. The van der Waals surface area contributed by atoms with Crippen molar-refractivity contribution in [2.24, 2.45) is 5.92 Å². The third-order valence-electron chi connectivity index (χ3n) is 3.19. The summed E-state index contributed by atoms with van der Waals surface area (Å²) in [5.74, 6) is 0.750. The van der Waals surface area contributed by atoms with E-state index >= 15 is 0 Å². The van der Waals surface area contributed by atoms with Crippen molar-refractivity contribution in [1.29, 1.82) is 0 Å². The lowest BCUT2D eigenvalue weighted by Crippen LogP contribution is -2.11. The van der Waals surface area contributed by atoms with E-state index in [0.29, 0.717) is 24.6 Å². The van der Waals surface area contributed by atoms with E-state index in [9.17, 15) is 10.1 Å². The van der Waals surface area contributed by atoms with Gasteiger partial charge in [0.1, 0.15) is 5.69 Å². The topological polar surface area (TPSA) is 93.2 Å². The zero-order chi connectivity index (χ0) is 15.1. The minimum absolute atomic E-state index is 0.0636. The van der Waals surface area contributed by atoms with E-state index in [0.717, 1.165) is 19.3 Å². The standard InChI is InChI=1S/C13H24N4O3/c1-4-8-16-13(12(17(19)20)11(3)15-16)14-7-5-6-10(2)9-18/h10,14,18H,4-9H2,1-3H3. The van der Waals surface area contributed by atoms with Gasteiger partial charge in [-0.1, -0.05) is 13.8 Å². The molecule has 0 aromatic carbocycles. The van der Waals surface area contributed by atoms with Crippen LogP contribution in [0.5, 0.6) is 0 Å². The van der Waals surface area contributed by atoms with Gasteiger partial charge in [-0.2, -0.15) is 5.10 Å². The van der Waals surface area contributed by atoms with Gasteiger partial charge in [-0.25, -0.2) is 4.68 Å². The maximum atomic E-state index is 11.1. The number of aryl methyl sites for hydroxylation is 2. The Hall–Kier alpha value is -1.63. The summed E-state index contributed by atoms with van der Waals surface area (Å²) in [4.78, 5) is 10.7. The van der Waals surface area contributed by atoms with Crippen molar-refractivity contribution in [3.8, 4) is 0 Å². The zero-order valence-electron chi connectivity index (χ0n) is 12.4. The molecular formula is C13H24N4O3. The quantitative estimate of drug-likeness (QED) is 0.412. The van der Waals surface area contributed by atoms with Crippen LogP contribution in [0.3, 0.4) is 0 Å². The Morgan fingerprint density at radius 3 is 2.80 bits per heavy atom. The maximum Gasteiger partial charge on any atom is 0.333 e. The molecule has 1 heterocycles. The van der Waals surface area contributed by atoms with E-state index in [1.165, 1.54) is 0 Å². The minimum atomic E-state index is -0.382. The Morgan fingerprint density at radius 2 is 2.25 bits per heavy atom. The molecule has 1 atom stereocenters. The number of hydrogen-bond acceptors (Lipinski definition) is 5. The number of rotatable bonds is 9. The molecule has 1 aromatic rings. The van der Waals surface area contributed by atoms with Crippen molar-refractivity contribution in [2.45, 2.75) is 46.6 Å². The van der Waals surface area contributed by atoms with Crippen LogP contribution in [0.15, 0.2) is 0 Å². The number of nitro groups is 1. The van der Waals surface area contributed by atoms with Gasteiger partial charge in [-0.3, -0.25) is 10.1 Å². The van der Waals surface area contributed by atoms with Crippen LogP contribution < -0.4 is 5.32 Å². The molecule has 7 heteroatoms. The van der Waals surface area contributed by atoms with Crippen molar-refractivity contribution in [3.05, 3.63) is 15.8 Å². The number of aliphatic hydroxyl groups is 1. The molecule has 0 saturated heterocycles. The summed E-state index contributed by atoms with van der Waals surface area (Å²) in [5.41, 5.74) is 0.503. The fourth-order valence-electron chi connectivity index (χ4n) is 2.09. The van der Waals surface area contributed by atoms with Crippen molar-refractivity contribution in [1.82, 2.24) is 9.78 Å². The lowest BCUT2D eigenvalue weighted by atomic mass is 10.1. The average molecular weight is 284 g/mol. The first-order chi connectivity index (χ1) is 9.51. The Bertz CT molecular complexity index is 445. The van der Waals surface area contributed by atoms with Crippen LogP contribution in [0.25, 0.3) is 0 Å². The van der Waals surface area contributed by atoms with E-state index in [2.05, 4.69) is 10.4 Å². The highest BCUT2D eigenvalue weighted by atomic mass is 16.6. The van der Waals surface area contributed by atoms with Gasteiger partial charge in [0.25, 0.3) is 0 Å². The molecule has 20 heavy (non-hydrogen) atoms. The Morgan fingerprint density at radius 1 is 1.55 bits per heavy atom. The largest absolute Gasteiger partial charge is 0.396 e. The van der Waals surface area contributed by atoms with E-state index < -0.39 is 0 Å². The average Bonchev–Trinajstić information content (AvgIpc) is 2.71. The molecule has 1 aromatic heterocycles. The van der Waals surface area contributed by atoms with Crippen LogP contribution in [0.4, 0.5) is 11.5 Å². The molecule has 0 aliphatic rings. The van der Waals surface area contributed by atoms with E-state index in [1.54, 1.807) is 11.6 Å². The second-order valence-electron chi connectivity index (χ2n) is 5.12. The Balaban J connectivity index is 2.73. The molecular weight excluding hydrogens is 260 g/mol. The van der Waals surface area contributed by atoms with Crippen LogP contribution >= 0.6 is 0 Å². The van der Waals surface area contributed by atoms with Crippen LogP contribution in [-0.4, -0.2) is 33.0 Å². The molecule has 2 N–H and O–H groups in total. The number of aromatic nitrogens is 2. The monoisotopic (exact) mass is 284 g/mol. The number of hydrogen-bond donors (Lipinski definition) is 2. The second kappa shape index (κ2) is 7.84. The fourth-order valence-corrected chi connectivity index (χ4v) is 2.09. The molecule has 0 aliphatic carbocycles. The molecule has 1 unspecified atom stereocenters. The molecule has 114 valence electrons. The van der Waals surface area contributed by atoms with Crippen molar-refractivity contribution in [2.75, 3.05) is 18.5 Å². The van der Waals surface area contributed by atoms with Gasteiger partial charge in [0, 0.05) is 19.7 Å². The highest BCUT2D eigenvalue weighted by Gasteiger charge is 2.24. The first-order valence-corrected chi connectivity index (χ1v) is 7.07. The summed E-state index contributed by atoms with van der Waals surface area (Å²) in [6.07, 6.45) is 2.61. The number of nitrogens with one attached hydrogen (secondary N) is 1. The van der Waals surface area contributed by atoms with Crippen LogP contribution in [0, 0.1) is 23.0 Å².